The lowest BCUT2D eigenvalue weighted by Gasteiger charge is -2.38. The van der Waals surface area contributed by atoms with Crippen LogP contribution in [-0.2, 0) is 10.0 Å². The van der Waals surface area contributed by atoms with Crippen molar-refractivity contribution in [1.82, 2.24) is 14.2 Å². The predicted octanol–water partition coefficient (Wildman–Crippen LogP) is 2.39. The van der Waals surface area contributed by atoms with Crippen molar-refractivity contribution in [3.63, 3.8) is 0 Å². The molecule has 0 saturated carbocycles. The molecular formula is C16H19ClN4O3S. The Morgan fingerprint density at radius 2 is 2.12 bits per heavy atom. The number of hydrogen-bond acceptors (Lipinski definition) is 4. The number of sulfonamides is 1. The molecule has 1 N–H and O–H groups in total. The van der Waals surface area contributed by atoms with Crippen molar-refractivity contribution in [2.24, 2.45) is 0 Å². The lowest BCUT2D eigenvalue weighted by Crippen LogP contribution is -2.56. The second-order valence-electron chi connectivity index (χ2n) is 6.12. The zero-order valence-corrected chi connectivity index (χ0v) is 15.5. The van der Waals surface area contributed by atoms with E-state index in [1.165, 1.54) is 10.6 Å². The summed E-state index contributed by atoms with van der Waals surface area (Å²) in [5.41, 5.74) is 1.19. The number of rotatable bonds is 2. The Balaban J connectivity index is 1.80. The number of benzene rings is 1. The third-order valence-corrected chi connectivity index (χ3v) is 5.72. The van der Waals surface area contributed by atoms with E-state index in [0.29, 0.717) is 22.8 Å². The summed E-state index contributed by atoms with van der Waals surface area (Å²) >= 11 is 6.12. The van der Waals surface area contributed by atoms with E-state index in [-0.39, 0.29) is 25.2 Å². The second-order valence-corrected chi connectivity index (χ2v) is 8.54. The van der Waals surface area contributed by atoms with Crippen molar-refractivity contribution in [1.29, 1.82) is 0 Å². The summed E-state index contributed by atoms with van der Waals surface area (Å²) < 4.78 is 24.7. The van der Waals surface area contributed by atoms with E-state index in [1.54, 1.807) is 29.3 Å². The van der Waals surface area contributed by atoms with Gasteiger partial charge < -0.3 is 10.2 Å². The van der Waals surface area contributed by atoms with Gasteiger partial charge in [0.25, 0.3) is 0 Å². The molecule has 0 spiro atoms. The zero-order valence-electron chi connectivity index (χ0n) is 13.9. The standard InChI is InChI=1S/C16H19ClN4O3S/c1-11-10-20(25(2,23)24)6-7-21(11)16(22)19-14-9-13(17)8-12-4-3-5-18-15(12)14/h3-5,8-9,11H,6-7,10H2,1-2H3,(H,19,22). The van der Waals surface area contributed by atoms with Crippen LogP contribution in [0.15, 0.2) is 30.5 Å². The SMILES string of the molecule is CC1CN(S(C)(=O)=O)CCN1C(=O)Nc1cc(Cl)cc2cccnc12. The topological polar surface area (TPSA) is 82.6 Å². The van der Waals surface area contributed by atoms with Gasteiger partial charge in [0.1, 0.15) is 0 Å². The van der Waals surface area contributed by atoms with Crippen LogP contribution >= 0.6 is 11.6 Å². The number of amides is 2. The normalized spacial score (nSPS) is 19.2. The van der Waals surface area contributed by atoms with Crippen LogP contribution in [-0.4, -0.2) is 60.6 Å². The molecule has 1 saturated heterocycles. The molecule has 1 atom stereocenters. The quantitative estimate of drug-likeness (QED) is 0.864. The maximum Gasteiger partial charge on any atom is 0.322 e. The van der Waals surface area contributed by atoms with Crippen LogP contribution in [0, 0.1) is 0 Å². The van der Waals surface area contributed by atoms with Gasteiger partial charge in [0.15, 0.2) is 0 Å². The van der Waals surface area contributed by atoms with Crippen LogP contribution in [0.2, 0.25) is 5.02 Å². The van der Waals surface area contributed by atoms with Crippen LogP contribution in [0.1, 0.15) is 6.92 Å². The molecule has 1 aliphatic rings. The molecule has 3 rings (SSSR count). The van der Waals surface area contributed by atoms with Crippen molar-refractivity contribution in [3.05, 3.63) is 35.5 Å². The van der Waals surface area contributed by atoms with Gasteiger partial charge in [0.2, 0.25) is 10.0 Å². The van der Waals surface area contributed by atoms with Crippen molar-refractivity contribution in [3.8, 4) is 0 Å². The fraction of sp³-hybridized carbons (Fsp3) is 0.375. The number of fused-ring (bicyclic) bond motifs is 1. The van der Waals surface area contributed by atoms with E-state index in [1.807, 2.05) is 13.0 Å². The van der Waals surface area contributed by atoms with Crippen LogP contribution in [0.3, 0.4) is 0 Å². The highest BCUT2D eigenvalue weighted by Crippen LogP contribution is 2.27. The summed E-state index contributed by atoms with van der Waals surface area (Å²) in [6, 6.07) is 6.59. The van der Waals surface area contributed by atoms with Gasteiger partial charge in [-0.25, -0.2) is 13.2 Å². The van der Waals surface area contributed by atoms with E-state index >= 15 is 0 Å². The average Bonchev–Trinajstić information content (AvgIpc) is 2.53. The third-order valence-electron chi connectivity index (χ3n) is 4.23. The largest absolute Gasteiger partial charge is 0.322 e. The summed E-state index contributed by atoms with van der Waals surface area (Å²) in [6.07, 6.45) is 2.83. The van der Waals surface area contributed by atoms with E-state index < -0.39 is 10.0 Å². The van der Waals surface area contributed by atoms with Crippen LogP contribution in [0.4, 0.5) is 10.5 Å². The number of carbonyl (C=O) groups is 1. The summed E-state index contributed by atoms with van der Waals surface area (Å²) in [6.45, 7) is 2.71. The smallest absolute Gasteiger partial charge is 0.319 e. The molecule has 1 aromatic carbocycles. The number of anilines is 1. The molecular weight excluding hydrogens is 364 g/mol. The van der Waals surface area contributed by atoms with Crippen LogP contribution in [0.5, 0.6) is 0 Å². The number of nitrogens with one attached hydrogen (secondary N) is 1. The van der Waals surface area contributed by atoms with E-state index in [0.717, 1.165) is 5.39 Å². The Bertz CT molecular complexity index is 919. The van der Waals surface area contributed by atoms with Gasteiger partial charge in [0.05, 0.1) is 17.5 Å². The predicted molar refractivity (Wildman–Crippen MR) is 98.4 cm³/mol. The lowest BCUT2D eigenvalue weighted by atomic mass is 10.2. The molecule has 1 aliphatic heterocycles. The minimum absolute atomic E-state index is 0.234. The summed E-state index contributed by atoms with van der Waals surface area (Å²) in [5, 5.41) is 4.19. The first-order valence-corrected chi connectivity index (χ1v) is 10.1. The van der Waals surface area contributed by atoms with Gasteiger partial charge >= 0.3 is 6.03 Å². The fourth-order valence-electron chi connectivity index (χ4n) is 2.97. The molecule has 1 fully saturated rings. The number of pyridine rings is 1. The molecule has 134 valence electrons. The van der Waals surface area contributed by atoms with E-state index in [9.17, 15) is 13.2 Å². The summed E-state index contributed by atoms with van der Waals surface area (Å²) in [7, 11) is -3.25. The Hall–Kier alpha value is -1.90. The van der Waals surface area contributed by atoms with E-state index in [2.05, 4.69) is 10.3 Å². The second kappa shape index (κ2) is 6.78. The maximum absolute atomic E-state index is 12.7. The Morgan fingerprint density at radius 1 is 1.36 bits per heavy atom. The zero-order chi connectivity index (χ0) is 18.2. The summed E-state index contributed by atoms with van der Waals surface area (Å²) in [5.74, 6) is 0. The number of carbonyl (C=O) groups excluding carboxylic acids is 1. The lowest BCUT2D eigenvalue weighted by molar-refractivity contribution is 0.149. The maximum atomic E-state index is 12.7. The third kappa shape index (κ3) is 3.86. The van der Waals surface area contributed by atoms with E-state index in [4.69, 9.17) is 11.6 Å². The first-order chi connectivity index (χ1) is 11.8. The monoisotopic (exact) mass is 382 g/mol. The van der Waals surface area contributed by atoms with Gasteiger partial charge in [-0.15, -0.1) is 0 Å². The molecule has 1 unspecified atom stereocenters. The summed E-state index contributed by atoms with van der Waals surface area (Å²) in [4.78, 5) is 18.6. The Morgan fingerprint density at radius 3 is 2.80 bits per heavy atom. The minimum atomic E-state index is -3.25. The van der Waals surface area contributed by atoms with Crippen molar-refractivity contribution in [2.75, 3.05) is 31.2 Å². The molecule has 0 bridgehead atoms. The Kier molecular flexibility index (Phi) is 4.86. The van der Waals surface area contributed by atoms with Crippen molar-refractivity contribution >= 4 is 44.2 Å². The average molecular weight is 383 g/mol. The number of piperazine rings is 1. The number of urea groups is 1. The molecule has 0 aliphatic carbocycles. The minimum Gasteiger partial charge on any atom is -0.319 e. The molecule has 9 heteroatoms. The van der Waals surface area contributed by atoms with Gasteiger partial charge in [-0.1, -0.05) is 17.7 Å². The number of hydrogen-bond donors (Lipinski definition) is 1. The molecule has 0 radical (unpaired) electrons. The van der Waals surface area contributed by atoms with Gasteiger partial charge in [-0.05, 0) is 25.1 Å². The molecule has 2 heterocycles. The van der Waals surface area contributed by atoms with Gasteiger partial charge in [0, 0.05) is 42.3 Å². The first-order valence-electron chi connectivity index (χ1n) is 7.83. The highest BCUT2D eigenvalue weighted by molar-refractivity contribution is 7.88. The van der Waals surface area contributed by atoms with Gasteiger partial charge in [-0.3, -0.25) is 4.98 Å². The highest BCUT2D eigenvalue weighted by atomic mass is 35.5. The van der Waals surface area contributed by atoms with Crippen LogP contribution in [0.25, 0.3) is 10.9 Å². The number of halogens is 1. The molecule has 2 aromatic rings. The Labute approximate surface area is 151 Å². The van der Waals surface area contributed by atoms with Crippen molar-refractivity contribution < 1.29 is 13.2 Å². The van der Waals surface area contributed by atoms with Crippen molar-refractivity contribution in [2.45, 2.75) is 13.0 Å². The number of nitrogens with zero attached hydrogens (tertiary/aromatic N) is 3. The molecule has 2 amide bonds. The molecule has 7 nitrogen and oxygen atoms in total. The fourth-order valence-corrected chi connectivity index (χ4v) is 4.09. The van der Waals surface area contributed by atoms with Gasteiger partial charge in [-0.2, -0.15) is 4.31 Å². The van der Waals surface area contributed by atoms with Crippen LogP contribution < -0.4 is 5.32 Å². The molecule has 25 heavy (non-hydrogen) atoms. The highest BCUT2D eigenvalue weighted by Gasteiger charge is 2.31. The number of aromatic nitrogens is 1. The molecule has 1 aromatic heterocycles. The first kappa shape index (κ1) is 17.9.